The van der Waals surface area contributed by atoms with E-state index in [2.05, 4.69) is 24.5 Å². The van der Waals surface area contributed by atoms with Crippen molar-refractivity contribution in [1.29, 1.82) is 5.41 Å². The maximum absolute atomic E-state index is 12.9. The Hall–Kier alpha value is -2.81. The first-order valence-electron chi connectivity index (χ1n) is 13.3. The molecule has 6 unspecified atom stereocenters. The Bertz CT molecular complexity index is 911. The van der Waals surface area contributed by atoms with Gasteiger partial charge in [-0.25, -0.2) is 9.59 Å². The van der Waals surface area contributed by atoms with Crippen molar-refractivity contribution in [2.24, 2.45) is 23.7 Å². The summed E-state index contributed by atoms with van der Waals surface area (Å²) >= 11 is 0. The van der Waals surface area contributed by atoms with Crippen molar-refractivity contribution < 1.29 is 23.8 Å². The van der Waals surface area contributed by atoms with Crippen molar-refractivity contribution in [3.63, 3.8) is 0 Å². The molecule has 0 radical (unpaired) electrons. The van der Waals surface area contributed by atoms with E-state index in [1.807, 2.05) is 37.3 Å². The van der Waals surface area contributed by atoms with Gasteiger partial charge in [0.15, 0.2) is 6.23 Å². The highest BCUT2D eigenvalue weighted by atomic mass is 16.6. The summed E-state index contributed by atoms with van der Waals surface area (Å²) < 4.78 is 17.1. The molecule has 0 aromatic heterocycles. The first-order valence-corrected chi connectivity index (χ1v) is 13.3. The van der Waals surface area contributed by atoms with Gasteiger partial charge in [-0.3, -0.25) is 10.7 Å². The van der Waals surface area contributed by atoms with Crippen LogP contribution in [0.4, 0.5) is 9.59 Å². The number of benzene rings is 1. The second-order valence-corrected chi connectivity index (χ2v) is 10.5. The zero-order chi connectivity index (χ0) is 25.7. The fourth-order valence-electron chi connectivity index (χ4n) is 6.48. The molecule has 1 aliphatic heterocycles. The number of carbonyl (C=O) groups excluding carboxylic acids is 2. The van der Waals surface area contributed by atoms with Crippen LogP contribution in [-0.2, 0) is 20.8 Å². The van der Waals surface area contributed by atoms with Gasteiger partial charge in [0, 0.05) is 13.2 Å². The van der Waals surface area contributed by atoms with Crippen molar-refractivity contribution in [2.75, 3.05) is 13.2 Å². The van der Waals surface area contributed by atoms with Crippen LogP contribution in [0, 0.1) is 29.1 Å². The van der Waals surface area contributed by atoms with Gasteiger partial charge >= 0.3 is 12.2 Å². The largest absolute Gasteiger partial charge is 0.446 e. The van der Waals surface area contributed by atoms with E-state index in [1.165, 1.54) is 6.42 Å². The van der Waals surface area contributed by atoms with Crippen molar-refractivity contribution in [2.45, 2.75) is 77.9 Å². The maximum Gasteiger partial charge on any atom is 0.414 e. The molecule has 3 fully saturated rings. The molecule has 4 rings (SSSR count). The molecule has 198 valence electrons. The van der Waals surface area contributed by atoms with E-state index in [4.69, 9.17) is 19.6 Å². The number of piperidine rings is 1. The van der Waals surface area contributed by atoms with Crippen LogP contribution in [-0.4, -0.2) is 54.6 Å². The molecule has 9 nitrogen and oxygen atoms in total. The van der Waals surface area contributed by atoms with Gasteiger partial charge in [-0.15, -0.1) is 0 Å². The van der Waals surface area contributed by atoms with Crippen LogP contribution >= 0.6 is 0 Å². The molecule has 36 heavy (non-hydrogen) atoms. The van der Waals surface area contributed by atoms with E-state index in [-0.39, 0.29) is 24.7 Å². The second-order valence-electron chi connectivity index (χ2n) is 10.5. The molecule has 2 bridgehead atoms. The Morgan fingerprint density at radius 3 is 2.61 bits per heavy atom. The maximum atomic E-state index is 12.9. The normalized spacial score (nSPS) is 29.2. The molecule has 3 aliphatic rings. The van der Waals surface area contributed by atoms with Crippen molar-refractivity contribution in [1.82, 2.24) is 15.5 Å². The van der Waals surface area contributed by atoms with E-state index in [9.17, 15) is 9.59 Å². The number of nitrogens with one attached hydrogen (secondary N) is 3. The number of guanidine groups is 1. The standard InChI is InChI=1S/C27H40N4O5/c1-4-34-24-21(29-27(33)36-22-15-19-12-13-20(22)23(19)17(2)3)11-8-14-31(24)25(28)30-26(32)35-16-18-9-6-5-7-10-18/h5-7,9-10,17,19-24H,4,8,11-16H2,1-3H3,(H,29,33)(H2,28,30,32). The number of hydrogen-bond acceptors (Lipinski definition) is 6. The van der Waals surface area contributed by atoms with Gasteiger partial charge in [0.25, 0.3) is 0 Å². The van der Waals surface area contributed by atoms with Crippen LogP contribution in [0.25, 0.3) is 0 Å². The topological polar surface area (TPSA) is 113 Å². The van der Waals surface area contributed by atoms with Crippen LogP contribution in [0.5, 0.6) is 0 Å². The monoisotopic (exact) mass is 500 g/mol. The molecule has 6 atom stereocenters. The van der Waals surface area contributed by atoms with Gasteiger partial charge in [-0.2, -0.15) is 0 Å². The number of fused-ring (bicyclic) bond motifs is 2. The molecule has 3 N–H and O–H groups in total. The summed E-state index contributed by atoms with van der Waals surface area (Å²) in [6, 6.07) is 9.01. The first-order chi connectivity index (χ1) is 17.4. The lowest BCUT2D eigenvalue weighted by atomic mass is 9.86. The van der Waals surface area contributed by atoms with Gasteiger partial charge in [0.05, 0.1) is 6.04 Å². The molecule has 2 saturated carbocycles. The molecule has 1 aromatic rings. The SMILES string of the molecule is CCOC1C(NC(=O)OC2CC3CCC2C3C(C)C)CCCN1C(=N)NC(=O)OCc1ccccc1. The smallest absolute Gasteiger partial charge is 0.414 e. The van der Waals surface area contributed by atoms with Crippen LogP contribution < -0.4 is 10.6 Å². The summed E-state index contributed by atoms with van der Waals surface area (Å²) in [6.45, 7) is 7.45. The molecular weight excluding hydrogens is 460 g/mol. The lowest BCUT2D eigenvalue weighted by Crippen LogP contribution is -2.61. The Morgan fingerprint density at radius 2 is 1.92 bits per heavy atom. The third-order valence-electron chi connectivity index (χ3n) is 7.88. The summed E-state index contributed by atoms with van der Waals surface area (Å²) in [5.41, 5.74) is 0.863. The number of hydrogen-bond donors (Lipinski definition) is 3. The fraction of sp³-hybridized carbons (Fsp3) is 0.667. The second kappa shape index (κ2) is 12.0. The number of rotatable bonds is 7. The first kappa shape index (κ1) is 26.3. The number of carbonyl (C=O) groups is 2. The number of nitrogens with zero attached hydrogens (tertiary/aromatic N) is 1. The molecule has 1 saturated heterocycles. The van der Waals surface area contributed by atoms with Gasteiger partial charge < -0.3 is 24.4 Å². The summed E-state index contributed by atoms with van der Waals surface area (Å²) in [6.07, 6.45) is 3.02. The Morgan fingerprint density at radius 1 is 1.14 bits per heavy atom. The number of likely N-dealkylation sites (tertiary alicyclic amines) is 1. The number of ether oxygens (including phenoxy) is 3. The highest BCUT2D eigenvalue weighted by Gasteiger charge is 2.50. The predicted octanol–water partition coefficient (Wildman–Crippen LogP) is 4.47. The minimum Gasteiger partial charge on any atom is -0.446 e. The molecular formula is C27H40N4O5. The van der Waals surface area contributed by atoms with E-state index < -0.39 is 18.4 Å². The zero-order valence-corrected chi connectivity index (χ0v) is 21.6. The van der Waals surface area contributed by atoms with Crippen LogP contribution in [0.2, 0.25) is 0 Å². The number of amides is 2. The molecule has 1 aromatic carbocycles. The van der Waals surface area contributed by atoms with Crippen molar-refractivity contribution >= 4 is 18.1 Å². The predicted molar refractivity (Wildman–Crippen MR) is 135 cm³/mol. The van der Waals surface area contributed by atoms with Crippen molar-refractivity contribution in [3.8, 4) is 0 Å². The minimum absolute atomic E-state index is 0.0271. The third-order valence-corrected chi connectivity index (χ3v) is 7.88. The number of alkyl carbamates (subject to hydrolysis) is 2. The van der Waals surface area contributed by atoms with Crippen LogP contribution in [0.1, 0.15) is 58.4 Å². The van der Waals surface area contributed by atoms with Crippen LogP contribution in [0.15, 0.2) is 30.3 Å². The van der Waals surface area contributed by atoms with Gasteiger partial charge in [-0.05, 0) is 68.3 Å². The average molecular weight is 501 g/mol. The lowest BCUT2D eigenvalue weighted by molar-refractivity contribution is -0.0642. The summed E-state index contributed by atoms with van der Waals surface area (Å²) in [7, 11) is 0. The Kier molecular flexibility index (Phi) is 8.72. The highest BCUT2D eigenvalue weighted by molar-refractivity contribution is 5.92. The highest BCUT2D eigenvalue weighted by Crippen LogP contribution is 2.53. The quantitative estimate of drug-likeness (QED) is 0.376. The Labute approximate surface area is 213 Å². The lowest BCUT2D eigenvalue weighted by Gasteiger charge is -2.41. The molecule has 9 heteroatoms. The zero-order valence-electron chi connectivity index (χ0n) is 21.6. The summed E-state index contributed by atoms with van der Waals surface area (Å²) in [5, 5.41) is 14.0. The third kappa shape index (κ3) is 6.11. The van der Waals surface area contributed by atoms with E-state index in [1.54, 1.807) is 4.90 Å². The molecule has 2 aliphatic carbocycles. The van der Waals surface area contributed by atoms with E-state index >= 15 is 0 Å². The molecule has 2 amide bonds. The minimum atomic E-state index is -0.704. The van der Waals surface area contributed by atoms with Gasteiger partial charge in [0.2, 0.25) is 5.96 Å². The summed E-state index contributed by atoms with van der Waals surface area (Å²) in [4.78, 5) is 26.8. The van der Waals surface area contributed by atoms with E-state index in [0.29, 0.717) is 43.2 Å². The van der Waals surface area contributed by atoms with Gasteiger partial charge in [0.1, 0.15) is 12.7 Å². The van der Waals surface area contributed by atoms with Crippen LogP contribution in [0.3, 0.4) is 0 Å². The molecule has 0 spiro atoms. The average Bonchev–Trinajstić information content (AvgIpc) is 3.43. The van der Waals surface area contributed by atoms with Gasteiger partial charge in [-0.1, -0.05) is 44.2 Å². The fourth-order valence-corrected chi connectivity index (χ4v) is 6.48. The Balaban J connectivity index is 1.30. The van der Waals surface area contributed by atoms with Crippen molar-refractivity contribution in [3.05, 3.63) is 35.9 Å². The summed E-state index contributed by atoms with van der Waals surface area (Å²) in [5.74, 6) is 2.23. The molecule has 1 heterocycles. The van der Waals surface area contributed by atoms with E-state index in [0.717, 1.165) is 24.8 Å².